The molecule has 0 aliphatic rings. The molecule has 10 heteroatoms. The summed E-state index contributed by atoms with van der Waals surface area (Å²) in [6.07, 6.45) is 0.601. The number of hydrogen-bond acceptors (Lipinski definition) is 6. The lowest BCUT2D eigenvalue weighted by molar-refractivity contribution is -0.141. The van der Waals surface area contributed by atoms with Crippen molar-refractivity contribution in [2.45, 2.75) is 57.8 Å². The molecule has 0 aliphatic carbocycles. The average Bonchev–Trinajstić information content (AvgIpc) is 2.71. The van der Waals surface area contributed by atoms with Crippen LogP contribution in [0.3, 0.4) is 0 Å². The van der Waals surface area contributed by atoms with Gasteiger partial charge in [0, 0.05) is 12.2 Å². The van der Waals surface area contributed by atoms with Gasteiger partial charge in [-0.2, -0.15) is 12.6 Å². The minimum atomic E-state index is -1.20. The van der Waals surface area contributed by atoms with Crippen LogP contribution in [0.25, 0.3) is 0 Å². The first-order valence-electron chi connectivity index (χ1n) is 10.1. The molecule has 172 valence electrons. The number of nitrogens with two attached hydrogens (primary N) is 1. The molecule has 0 fully saturated rings. The molecule has 0 spiro atoms. The van der Waals surface area contributed by atoms with Gasteiger partial charge in [-0.3, -0.25) is 19.2 Å². The minimum Gasteiger partial charge on any atom is -0.480 e. The summed E-state index contributed by atoms with van der Waals surface area (Å²) in [5.41, 5.74) is 6.64. The number of amides is 3. The van der Waals surface area contributed by atoms with E-state index < -0.39 is 47.9 Å². The normalized spacial score (nSPS) is 14.8. The van der Waals surface area contributed by atoms with Gasteiger partial charge in [0.05, 0.1) is 6.04 Å². The minimum absolute atomic E-state index is 0.00280. The van der Waals surface area contributed by atoms with E-state index in [-0.39, 0.29) is 18.1 Å². The summed E-state index contributed by atoms with van der Waals surface area (Å²) >= 11 is 4.13. The van der Waals surface area contributed by atoms with E-state index in [1.807, 2.05) is 19.9 Å². The topological polar surface area (TPSA) is 151 Å². The van der Waals surface area contributed by atoms with E-state index in [0.717, 1.165) is 5.56 Å². The van der Waals surface area contributed by atoms with Crippen LogP contribution in [0.5, 0.6) is 0 Å². The Balaban J connectivity index is 2.91. The van der Waals surface area contributed by atoms with Gasteiger partial charge in [0.2, 0.25) is 17.7 Å². The molecule has 31 heavy (non-hydrogen) atoms. The van der Waals surface area contributed by atoms with Crippen molar-refractivity contribution in [2.75, 3.05) is 5.75 Å². The highest BCUT2D eigenvalue weighted by molar-refractivity contribution is 7.80. The summed E-state index contributed by atoms with van der Waals surface area (Å²) in [5.74, 6) is -2.73. The molecule has 0 bridgehead atoms. The lowest BCUT2D eigenvalue weighted by Crippen LogP contribution is -2.58. The van der Waals surface area contributed by atoms with Gasteiger partial charge in [-0.25, -0.2) is 0 Å². The van der Waals surface area contributed by atoms with Crippen LogP contribution in [-0.4, -0.2) is 58.7 Å². The molecular weight excluding hydrogens is 420 g/mol. The van der Waals surface area contributed by atoms with Gasteiger partial charge in [0.15, 0.2) is 0 Å². The molecule has 0 saturated carbocycles. The number of carbonyl (C=O) groups is 4. The second kappa shape index (κ2) is 13.0. The van der Waals surface area contributed by atoms with Crippen LogP contribution >= 0.6 is 12.6 Å². The number of carbonyl (C=O) groups excluding carboxylic acids is 3. The summed E-state index contributed by atoms with van der Waals surface area (Å²) < 4.78 is 0. The predicted octanol–water partition coefficient (Wildman–Crippen LogP) is 0.0912. The highest BCUT2D eigenvalue weighted by Gasteiger charge is 2.29. The molecule has 0 aliphatic heterocycles. The largest absolute Gasteiger partial charge is 0.480 e. The number of aliphatic carboxylic acids is 1. The smallest absolute Gasteiger partial charge is 0.325 e. The fourth-order valence-corrected chi connectivity index (χ4v) is 3.05. The van der Waals surface area contributed by atoms with Crippen LogP contribution < -0.4 is 21.7 Å². The molecule has 4 unspecified atom stereocenters. The standard InChI is InChI=1S/C21H32N4O5S/c1-12(2)9-15(22)18(26)25-17(11-31)20(28)24-16(10-14-7-5-4-6-8-14)19(27)23-13(3)21(29)30/h4-8,12-13,15-17,31H,9-11,22H2,1-3H3,(H,23,27)(H,24,28)(H,25,26)(H,29,30). The first kappa shape index (κ1) is 26.4. The average molecular weight is 453 g/mol. The van der Waals surface area contributed by atoms with Gasteiger partial charge in [-0.15, -0.1) is 0 Å². The van der Waals surface area contributed by atoms with Gasteiger partial charge in [0.1, 0.15) is 18.1 Å². The lowest BCUT2D eigenvalue weighted by atomic mass is 10.0. The third-order valence-electron chi connectivity index (χ3n) is 4.52. The zero-order valence-corrected chi connectivity index (χ0v) is 18.9. The molecule has 1 rings (SSSR count). The van der Waals surface area contributed by atoms with Crippen molar-refractivity contribution in [1.82, 2.24) is 16.0 Å². The van der Waals surface area contributed by atoms with Gasteiger partial charge >= 0.3 is 5.97 Å². The highest BCUT2D eigenvalue weighted by atomic mass is 32.1. The first-order chi connectivity index (χ1) is 14.5. The van der Waals surface area contributed by atoms with E-state index >= 15 is 0 Å². The SMILES string of the molecule is CC(C)CC(N)C(=O)NC(CS)C(=O)NC(Cc1ccccc1)C(=O)NC(C)C(=O)O. The van der Waals surface area contributed by atoms with Crippen molar-refractivity contribution >= 4 is 36.3 Å². The number of hydrogen-bond donors (Lipinski definition) is 6. The number of thiol groups is 1. The maximum absolute atomic E-state index is 12.8. The second-order valence-corrected chi connectivity index (χ2v) is 8.16. The van der Waals surface area contributed by atoms with Crippen molar-refractivity contribution in [3.05, 3.63) is 35.9 Å². The maximum Gasteiger partial charge on any atom is 0.325 e. The Hall–Kier alpha value is -2.59. The van der Waals surface area contributed by atoms with E-state index in [4.69, 9.17) is 10.8 Å². The third-order valence-corrected chi connectivity index (χ3v) is 4.89. The Morgan fingerprint density at radius 1 is 0.935 bits per heavy atom. The molecule has 0 aromatic heterocycles. The number of benzene rings is 1. The van der Waals surface area contributed by atoms with E-state index in [0.29, 0.717) is 6.42 Å². The van der Waals surface area contributed by atoms with Gasteiger partial charge in [-0.1, -0.05) is 44.2 Å². The fourth-order valence-electron chi connectivity index (χ4n) is 2.79. The van der Waals surface area contributed by atoms with E-state index in [1.54, 1.807) is 24.3 Å². The summed E-state index contributed by atoms with van der Waals surface area (Å²) in [7, 11) is 0. The zero-order chi connectivity index (χ0) is 23.6. The summed E-state index contributed by atoms with van der Waals surface area (Å²) in [5, 5.41) is 16.6. The van der Waals surface area contributed by atoms with Crippen LogP contribution in [-0.2, 0) is 25.6 Å². The molecular formula is C21H32N4O5S. The molecule has 6 N–H and O–H groups in total. The molecule has 1 aromatic rings. The molecule has 9 nitrogen and oxygen atoms in total. The fraction of sp³-hybridized carbons (Fsp3) is 0.524. The summed E-state index contributed by atoms with van der Waals surface area (Å²) in [6.45, 7) is 5.19. The predicted molar refractivity (Wildman–Crippen MR) is 121 cm³/mol. The Kier molecular flexibility index (Phi) is 11.1. The van der Waals surface area contributed by atoms with Gasteiger partial charge in [0.25, 0.3) is 0 Å². The first-order valence-corrected chi connectivity index (χ1v) is 10.7. The lowest BCUT2D eigenvalue weighted by Gasteiger charge is -2.24. The van der Waals surface area contributed by atoms with Crippen LogP contribution in [0.2, 0.25) is 0 Å². The third kappa shape index (κ3) is 9.39. The van der Waals surface area contributed by atoms with E-state index in [2.05, 4.69) is 28.6 Å². The number of rotatable bonds is 12. The van der Waals surface area contributed by atoms with Crippen molar-refractivity contribution in [3.8, 4) is 0 Å². The Morgan fingerprint density at radius 3 is 2.00 bits per heavy atom. The van der Waals surface area contributed by atoms with Gasteiger partial charge in [-0.05, 0) is 24.8 Å². The van der Waals surface area contributed by atoms with Crippen molar-refractivity contribution in [3.63, 3.8) is 0 Å². The van der Waals surface area contributed by atoms with Crippen LogP contribution in [0, 0.1) is 5.92 Å². The van der Waals surface area contributed by atoms with Crippen molar-refractivity contribution < 1.29 is 24.3 Å². The number of carboxylic acid groups (broad SMARTS) is 1. The molecule has 0 heterocycles. The Labute approximate surface area is 187 Å². The van der Waals surface area contributed by atoms with Crippen molar-refractivity contribution in [2.24, 2.45) is 11.7 Å². The molecule has 0 saturated heterocycles. The molecule has 1 aromatic carbocycles. The van der Waals surface area contributed by atoms with E-state index in [1.165, 1.54) is 6.92 Å². The number of nitrogens with one attached hydrogen (secondary N) is 3. The van der Waals surface area contributed by atoms with Crippen LogP contribution in [0.15, 0.2) is 30.3 Å². The Bertz CT molecular complexity index is 759. The monoisotopic (exact) mass is 452 g/mol. The summed E-state index contributed by atoms with van der Waals surface area (Å²) in [4.78, 5) is 48.8. The maximum atomic E-state index is 12.8. The highest BCUT2D eigenvalue weighted by Crippen LogP contribution is 2.06. The van der Waals surface area contributed by atoms with Crippen LogP contribution in [0.1, 0.15) is 32.8 Å². The quantitative estimate of drug-likeness (QED) is 0.247. The molecule has 3 amide bonds. The number of carboxylic acids is 1. The van der Waals surface area contributed by atoms with Gasteiger partial charge < -0.3 is 26.8 Å². The molecule has 0 radical (unpaired) electrons. The Morgan fingerprint density at radius 2 is 1.48 bits per heavy atom. The summed E-state index contributed by atoms with van der Waals surface area (Å²) in [6, 6.07) is 5.03. The van der Waals surface area contributed by atoms with E-state index in [9.17, 15) is 19.2 Å². The van der Waals surface area contributed by atoms with Crippen LogP contribution in [0.4, 0.5) is 0 Å². The second-order valence-electron chi connectivity index (χ2n) is 7.80. The zero-order valence-electron chi connectivity index (χ0n) is 18.0. The van der Waals surface area contributed by atoms with Crippen molar-refractivity contribution in [1.29, 1.82) is 0 Å². The molecule has 4 atom stereocenters.